The van der Waals surface area contributed by atoms with E-state index in [1.54, 1.807) is 0 Å². The van der Waals surface area contributed by atoms with E-state index in [4.69, 9.17) is 0 Å². The molecule has 0 atom stereocenters. The average Bonchev–Trinajstić information content (AvgIpc) is 3.40. The molecule has 2 aromatic heterocycles. The third kappa shape index (κ3) is 4.18. The normalized spacial score (nSPS) is 14.1. The Kier molecular flexibility index (Phi) is 4.57. The fraction of sp³-hybridized carbons (Fsp3) is 0.294. The minimum absolute atomic E-state index is 0.0595. The van der Waals surface area contributed by atoms with E-state index in [1.165, 1.54) is 6.33 Å². The molecule has 0 saturated heterocycles. The van der Waals surface area contributed by atoms with Crippen molar-refractivity contribution in [2.24, 2.45) is 0 Å². The van der Waals surface area contributed by atoms with Crippen LogP contribution >= 0.6 is 0 Å². The van der Waals surface area contributed by atoms with Gasteiger partial charge in [-0.3, -0.25) is 5.10 Å². The van der Waals surface area contributed by atoms with Gasteiger partial charge in [0.2, 0.25) is 11.9 Å². The molecule has 1 saturated carbocycles. The van der Waals surface area contributed by atoms with Crippen LogP contribution in [0.3, 0.4) is 0 Å². The molecule has 3 N–H and O–H groups in total. The van der Waals surface area contributed by atoms with Crippen molar-refractivity contribution in [3.63, 3.8) is 0 Å². The molecule has 1 aromatic carbocycles. The van der Waals surface area contributed by atoms with Gasteiger partial charge in [-0.15, -0.1) is 0 Å². The number of benzene rings is 1. The fourth-order valence-corrected chi connectivity index (χ4v) is 2.60. The zero-order valence-electron chi connectivity index (χ0n) is 14.4. The summed E-state index contributed by atoms with van der Waals surface area (Å²) in [6.07, 6.45) is -1.05. The average molecular weight is 393 g/mol. The Labute approximate surface area is 156 Å². The number of anilines is 3. The molecule has 0 bridgehead atoms. The number of alkyl halides is 3. The van der Waals surface area contributed by atoms with Crippen LogP contribution in [0.5, 0.6) is 0 Å². The van der Waals surface area contributed by atoms with Crippen LogP contribution in [0.15, 0.2) is 30.6 Å². The molecular weight excluding hydrogens is 378 g/mol. The Balaban J connectivity index is 1.40. The summed E-state index contributed by atoms with van der Waals surface area (Å²) in [6, 6.07) is 4.25. The summed E-state index contributed by atoms with van der Waals surface area (Å²) in [6.45, 7) is -0.0817. The zero-order chi connectivity index (χ0) is 19.7. The third-order valence-electron chi connectivity index (χ3n) is 4.24. The molecule has 0 amide bonds. The van der Waals surface area contributed by atoms with E-state index in [0.29, 0.717) is 17.8 Å². The van der Waals surface area contributed by atoms with Crippen molar-refractivity contribution in [3.8, 4) is 0 Å². The van der Waals surface area contributed by atoms with Gasteiger partial charge in [-0.25, -0.2) is 14.4 Å². The second-order valence-corrected chi connectivity index (χ2v) is 6.40. The summed E-state index contributed by atoms with van der Waals surface area (Å²) in [5.41, 5.74) is 0.0712. The summed E-state index contributed by atoms with van der Waals surface area (Å²) < 4.78 is 51.7. The molecule has 0 aliphatic heterocycles. The van der Waals surface area contributed by atoms with Crippen molar-refractivity contribution in [1.29, 1.82) is 0 Å². The minimum atomic E-state index is -4.59. The molecule has 11 heteroatoms. The molecule has 1 aliphatic rings. The number of aromatic amines is 1. The van der Waals surface area contributed by atoms with E-state index >= 15 is 0 Å². The maximum absolute atomic E-state index is 13.9. The smallest absolute Gasteiger partial charge is 0.350 e. The standard InChI is InChI=1S/C17H15F4N7/c18-12-5-11(17(19,20)21)4-3-10(12)7-22-15-23-8-24-16(26-15)25-14-6-13(27-28-14)9-1-2-9/h3-6,8-9H,1-2,7H2,(H3,22,23,24,25,26,27,28). The van der Waals surface area contributed by atoms with Gasteiger partial charge in [0.05, 0.1) is 5.56 Å². The number of hydrogen-bond donors (Lipinski definition) is 3. The summed E-state index contributed by atoms with van der Waals surface area (Å²) >= 11 is 0. The van der Waals surface area contributed by atoms with Crippen LogP contribution in [0.4, 0.5) is 35.3 Å². The quantitative estimate of drug-likeness (QED) is 0.549. The van der Waals surface area contributed by atoms with E-state index in [2.05, 4.69) is 35.8 Å². The van der Waals surface area contributed by atoms with Crippen LogP contribution in [-0.2, 0) is 12.7 Å². The molecule has 1 fully saturated rings. The maximum atomic E-state index is 13.9. The van der Waals surface area contributed by atoms with Crippen molar-refractivity contribution in [1.82, 2.24) is 25.1 Å². The van der Waals surface area contributed by atoms with E-state index in [0.717, 1.165) is 30.7 Å². The van der Waals surface area contributed by atoms with E-state index < -0.39 is 17.6 Å². The third-order valence-corrected chi connectivity index (χ3v) is 4.24. The van der Waals surface area contributed by atoms with Crippen LogP contribution in [0, 0.1) is 5.82 Å². The van der Waals surface area contributed by atoms with Gasteiger partial charge in [-0.1, -0.05) is 6.07 Å². The molecule has 7 nitrogen and oxygen atoms in total. The Bertz CT molecular complexity index is 982. The van der Waals surface area contributed by atoms with Gasteiger partial charge in [0.1, 0.15) is 12.1 Å². The van der Waals surface area contributed by atoms with Crippen LogP contribution in [0.25, 0.3) is 0 Å². The minimum Gasteiger partial charge on any atom is -0.350 e. The molecule has 3 aromatic rings. The van der Waals surface area contributed by atoms with Gasteiger partial charge in [-0.05, 0) is 25.0 Å². The van der Waals surface area contributed by atoms with Crippen LogP contribution in [-0.4, -0.2) is 25.1 Å². The second kappa shape index (κ2) is 7.06. The molecule has 0 unspecified atom stereocenters. The van der Waals surface area contributed by atoms with Crippen molar-refractivity contribution in [2.45, 2.75) is 31.5 Å². The van der Waals surface area contributed by atoms with Crippen molar-refractivity contribution < 1.29 is 17.6 Å². The maximum Gasteiger partial charge on any atom is 0.416 e. The first-order valence-electron chi connectivity index (χ1n) is 8.49. The Morgan fingerprint density at radius 2 is 1.89 bits per heavy atom. The Morgan fingerprint density at radius 1 is 1.11 bits per heavy atom. The monoisotopic (exact) mass is 393 g/mol. The first-order valence-corrected chi connectivity index (χ1v) is 8.49. The van der Waals surface area contributed by atoms with Crippen molar-refractivity contribution >= 4 is 17.7 Å². The van der Waals surface area contributed by atoms with E-state index in [1.807, 2.05) is 6.07 Å². The molecule has 0 radical (unpaired) electrons. The Morgan fingerprint density at radius 3 is 2.61 bits per heavy atom. The highest BCUT2D eigenvalue weighted by molar-refractivity contribution is 5.49. The van der Waals surface area contributed by atoms with Gasteiger partial charge >= 0.3 is 6.18 Å². The lowest BCUT2D eigenvalue weighted by atomic mass is 10.1. The fourth-order valence-electron chi connectivity index (χ4n) is 2.60. The van der Waals surface area contributed by atoms with Crippen LogP contribution in [0.1, 0.15) is 35.6 Å². The first kappa shape index (κ1) is 18.1. The van der Waals surface area contributed by atoms with Crippen LogP contribution < -0.4 is 10.6 Å². The van der Waals surface area contributed by atoms with Gasteiger partial charge in [0, 0.05) is 29.8 Å². The summed E-state index contributed by atoms with van der Waals surface area (Å²) in [5.74, 6) is 0.512. The van der Waals surface area contributed by atoms with Crippen molar-refractivity contribution in [2.75, 3.05) is 10.6 Å². The molecule has 0 spiro atoms. The van der Waals surface area contributed by atoms with Gasteiger partial charge in [-0.2, -0.15) is 23.3 Å². The predicted molar refractivity (Wildman–Crippen MR) is 92.4 cm³/mol. The highest BCUT2D eigenvalue weighted by Gasteiger charge is 2.31. The van der Waals surface area contributed by atoms with Gasteiger partial charge in [0.25, 0.3) is 0 Å². The molecule has 1 aliphatic carbocycles. The molecule has 146 valence electrons. The number of nitrogens with zero attached hydrogens (tertiary/aromatic N) is 4. The molecule has 2 heterocycles. The SMILES string of the molecule is Fc1cc(C(F)(F)F)ccc1CNc1ncnc(Nc2cc(C3CC3)[nH]n2)n1. The number of hydrogen-bond acceptors (Lipinski definition) is 6. The zero-order valence-corrected chi connectivity index (χ0v) is 14.4. The van der Waals surface area contributed by atoms with Gasteiger partial charge < -0.3 is 10.6 Å². The lowest BCUT2D eigenvalue weighted by Gasteiger charge is -2.10. The van der Waals surface area contributed by atoms with Crippen LogP contribution in [0.2, 0.25) is 0 Å². The van der Waals surface area contributed by atoms with Crippen molar-refractivity contribution in [3.05, 3.63) is 53.2 Å². The lowest BCUT2D eigenvalue weighted by molar-refractivity contribution is -0.137. The number of aromatic nitrogens is 5. The van der Waals surface area contributed by atoms with E-state index in [9.17, 15) is 17.6 Å². The van der Waals surface area contributed by atoms with Gasteiger partial charge in [0.15, 0.2) is 5.82 Å². The molecule has 4 rings (SSSR count). The first-order chi connectivity index (χ1) is 13.4. The number of nitrogens with one attached hydrogen (secondary N) is 3. The predicted octanol–water partition coefficient (Wildman–Crippen LogP) is 3.99. The summed E-state index contributed by atoms with van der Waals surface area (Å²) in [5, 5.41) is 12.8. The number of H-pyrrole nitrogens is 1. The van der Waals surface area contributed by atoms with E-state index in [-0.39, 0.29) is 24.0 Å². The molecule has 28 heavy (non-hydrogen) atoms. The second-order valence-electron chi connectivity index (χ2n) is 6.40. The topological polar surface area (TPSA) is 91.4 Å². The highest BCUT2D eigenvalue weighted by Crippen LogP contribution is 2.39. The summed E-state index contributed by atoms with van der Waals surface area (Å²) in [4.78, 5) is 12.0. The summed E-state index contributed by atoms with van der Waals surface area (Å²) in [7, 11) is 0. The molecular formula is C17H15F4N7. The Hall–Kier alpha value is -3.24. The number of rotatable bonds is 6. The highest BCUT2D eigenvalue weighted by atomic mass is 19.4. The largest absolute Gasteiger partial charge is 0.416 e. The lowest BCUT2D eigenvalue weighted by Crippen LogP contribution is -2.10. The number of halogens is 4.